The van der Waals surface area contributed by atoms with E-state index < -0.39 is 0 Å². The van der Waals surface area contributed by atoms with Crippen LogP contribution in [0.5, 0.6) is 0 Å². The van der Waals surface area contributed by atoms with Crippen LogP contribution in [0.15, 0.2) is 0 Å². The Kier molecular flexibility index (Phi) is 1.51. The number of amides is 1. The second-order valence-electron chi connectivity index (χ2n) is 4.91. The van der Waals surface area contributed by atoms with E-state index in [0.29, 0.717) is 17.2 Å². The van der Waals surface area contributed by atoms with Gasteiger partial charge < -0.3 is 4.90 Å². The minimum atomic E-state index is 0.385. The number of piperidine rings is 1. The van der Waals surface area contributed by atoms with Crippen molar-refractivity contribution < 1.29 is 4.79 Å². The summed E-state index contributed by atoms with van der Waals surface area (Å²) >= 11 is 0. The van der Waals surface area contributed by atoms with Gasteiger partial charge in [0.05, 0.1) is 0 Å². The molecule has 1 aliphatic heterocycles. The van der Waals surface area contributed by atoms with Crippen molar-refractivity contribution in [3.05, 3.63) is 0 Å². The monoisotopic (exact) mass is 167 g/mol. The van der Waals surface area contributed by atoms with E-state index in [4.69, 9.17) is 0 Å². The first kappa shape index (κ1) is 8.09. The summed E-state index contributed by atoms with van der Waals surface area (Å²) in [6.07, 6.45) is 2.39. The molecule has 2 nitrogen and oxygen atoms in total. The lowest BCUT2D eigenvalue weighted by Crippen LogP contribution is -2.25. The van der Waals surface area contributed by atoms with Crippen LogP contribution in [-0.2, 0) is 4.79 Å². The average Bonchev–Trinajstić information content (AvgIpc) is 2.54. The molecule has 2 aliphatic rings. The molecule has 0 aromatic carbocycles. The molecule has 0 aromatic rings. The minimum absolute atomic E-state index is 0.385. The molecule has 1 heterocycles. The van der Waals surface area contributed by atoms with Gasteiger partial charge in [0.1, 0.15) is 0 Å². The maximum atomic E-state index is 11.5. The third kappa shape index (κ3) is 0.970. The summed E-state index contributed by atoms with van der Waals surface area (Å²) in [5.41, 5.74) is 0.403. The van der Waals surface area contributed by atoms with Gasteiger partial charge >= 0.3 is 0 Å². The third-order valence-electron chi connectivity index (χ3n) is 3.23. The summed E-state index contributed by atoms with van der Waals surface area (Å²) in [4.78, 5) is 13.4. The lowest BCUT2D eigenvalue weighted by atomic mass is 9.93. The highest BCUT2D eigenvalue weighted by Crippen LogP contribution is 2.61. The molecule has 1 saturated heterocycles. The quantitative estimate of drug-likeness (QED) is 0.610. The molecule has 1 aliphatic carbocycles. The Morgan fingerprint density at radius 3 is 2.75 bits per heavy atom. The summed E-state index contributed by atoms with van der Waals surface area (Å²) in [5, 5.41) is 0. The Hall–Kier alpha value is -0.530. The molecule has 0 radical (unpaired) electrons. The van der Waals surface area contributed by atoms with Crippen LogP contribution in [0, 0.1) is 17.3 Å². The van der Waals surface area contributed by atoms with Crippen LogP contribution in [0.25, 0.3) is 0 Å². The highest BCUT2D eigenvalue weighted by Gasteiger charge is 2.63. The maximum Gasteiger partial charge on any atom is 0.226 e. The van der Waals surface area contributed by atoms with E-state index in [0.717, 1.165) is 18.9 Å². The largest absolute Gasteiger partial charge is 0.345 e. The SMILES string of the molecule is CC(C)CC12CC1C(=O)N(C)C2. The van der Waals surface area contributed by atoms with Gasteiger partial charge in [0.2, 0.25) is 5.91 Å². The number of nitrogens with zero attached hydrogens (tertiary/aromatic N) is 1. The summed E-state index contributed by atoms with van der Waals surface area (Å²) in [7, 11) is 1.93. The predicted molar refractivity (Wildman–Crippen MR) is 47.6 cm³/mol. The van der Waals surface area contributed by atoms with Crippen LogP contribution in [0.2, 0.25) is 0 Å². The Morgan fingerprint density at radius 1 is 1.67 bits per heavy atom. The average molecular weight is 167 g/mol. The van der Waals surface area contributed by atoms with E-state index in [2.05, 4.69) is 13.8 Å². The number of carbonyl (C=O) groups is 1. The molecule has 2 unspecified atom stereocenters. The van der Waals surface area contributed by atoms with Crippen LogP contribution >= 0.6 is 0 Å². The summed E-state index contributed by atoms with van der Waals surface area (Å²) in [6.45, 7) is 5.49. The first-order valence-electron chi connectivity index (χ1n) is 4.80. The van der Waals surface area contributed by atoms with Crippen LogP contribution in [0.3, 0.4) is 0 Å². The summed E-state index contributed by atoms with van der Waals surface area (Å²) in [5.74, 6) is 1.51. The van der Waals surface area contributed by atoms with Crippen molar-refractivity contribution in [1.29, 1.82) is 0 Å². The fourth-order valence-corrected chi connectivity index (χ4v) is 2.79. The van der Waals surface area contributed by atoms with Crippen LogP contribution in [0.1, 0.15) is 26.7 Å². The summed E-state index contributed by atoms with van der Waals surface area (Å²) < 4.78 is 0. The van der Waals surface area contributed by atoms with E-state index in [-0.39, 0.29) is 0 Å². The highest BCUT2D eigenvalue weighted by atomic mass is 16.2. The van der Waals surface area contributed by atoms with Crippen molar-refractivity contribution in [2.45, 2.75) is 26.7 Å². The molecule has 1 amide bonds. The third-order valence-corrected chi connectivity index (χ3v) is 3.23. The van der Waals surface area contributed by atoms with Crippen molar-refractivity contribution in [1.82, 2.24) is 4.90 Å². The first-order valence-corrected chi connectivity index (χ1v) is 4.80. The standard InChI is InChI=1S/C10H17NO/c1-7(2)4-10-5-8(10)9(12)11(3)6-10/h7-8H,4-6H2,1-3H3. The highest BCUT2D eigenvalue weighted by molar-refractivity contribution is 5.85. The van der Waals surface area contributed by atoms with E-state index in [1.54, 1.807) is 0 Å². The lowest BCUT2D eigenvalue weighted by Gasteiger charge is -2.17. The predicted octanol–water partition coefficient (Wildman–Crippen LogP) is 1.51. The zero-order valence-corrected chi connectivity index (χ0v) is 8.13. The van der Waals surface area contributed by atoms with Gasteiger partial charge in [-0.05, 0) is 18.8 Å². The van der Waals surface area contributed by atoms with E-state index >= 15 is 0 Å². The number of rotatable bonds is 2. The molecule has 0 N–H and O–H groups in total. The van der Waals surface area contributed by atoms with Gasteiger partial charge in [0.15, 0.2) is 0 Å². The van der Waals surface area contributed by atoms with Crippen molar-refractivity contribution in [3.8, 4) is 0 Å². The Labute approximate surface area is 73.9 Å². The smallest absolute Gasteiger partial charge is 0.226 e. The lowest BCUT2D eigenvalue weighted by molar-refractivity contribution is -0.128. The Morgan fingerprint density at radius 2 is 2.33 bits per heavy atom. The van der Waals surface area contributed by atoms with Crippen LogP contribution in [-0.4, -0.2) is 24.4 Å². The number of hydrogen-bond donors (Lipinski definition) is 0. The minimum Gasteiger partial charge on any atom is -0.345 e. The molecule has 1 saturated carbocycles. The molecular formula is C10H17NO. The fourth-order valence-electron chi connectivity index (χ4n) is 2.79. The molecule has 12 heavy (non-hydrogen) atoms. The Bertz CT molecular complexity index is 224. The topological polar surface area (TPSA) is 20.3 Å². The molecule has 2 atom stereocenters. The maximum absolute atomic E-state index is 11.5. The van der Waals surface area contributed by atoms with E-state index in [1.807, 2.05) is 11.9 Å². The van der Waals surface area contributed by atoms with Gasteiger partial charge in [0, 0.05) is 24.9 Å². The fraction of sp³-hybridized carbons (Fsp3) is 0.900. The molecule has 2 fully saturated rings. The van der Waals surface area contributed by atoms with Gasteiger partial charge in [-0.15, -0.1) is 0 Å². The normalized spacial score (nSPS) is 39.2. The van der Waals surface area contributed by atoms with Gasteiger partial charge in [0.25, 0.3) is 0 Å². The van der Waals surface area contributed by atoms with Crippen molar-refractivity contribution >= 4 is 5.91 Å². The van der Waals surface area contributed by atoms with Crippen LogP contribution < -0.4 is 0 Å². The van der Waals surface area contributed by atoms with Gasteiger partial charge in [-0.25, -0.2) is 0 Å². The number of carbonyl (C=O) groups excluding carboxylic acids is 1. The molecular weight excluding hydrogens is 150 g/mol. The van der Waals surface area contributed by atoms with E-state index in [1.165, 1.54) is 6.42 Å². The van der Waals surface area contributed by atoms with Gasteiger partial charge in [-0.2, -0.15) is 0 Å². The van der Waals surface area contributed by atoms with Crippen molar-refractivity contribution in [2.75, 3.05) is 13.6 Å². The molecule has 2 heteroatoms. The number of hydrogen-bond acceptors (Lipinski definition) is 1. The zero-order valence-electron chi connectivity index (χ0n) is 8.13. The molecule has 0 aromatic heterocycles. The first-order chi connectivity index (χ1) is 5.55. The zero-order chi connectivity index (χ0) is 8.93. The molecule has 68 valence electrons. The van der Waals surface area contributed by atoms with E-state index in [9.17, 15) is 4.79 Å². The molecule has 0 bridgehead atoms. The van der Waals surface area contributed by atoms with Crippen molar-refractivity contribution in [3.63, 3.8) is 0 Å². The second-order valence-corrected chi connectivity index (χ2v) is 4.91. The Balaban J connectivity index is 2.05. The second kappa shape index (κ2) is 2.24. The summed E-state index contributed by atoms with van der Waals surface area (Å²) in [6, 6.07) is 0. The number of fused-ring (bicyclic) bond motifs is 1. The number of likely N-dealkylation sites (tertiary alicyclic amines) is 1. The molecule has 2 rings (SSSR count). The van der Waals surface area contributed by atoms with Crippen molar-refractivity contribution in [2.24, 2.45) is 17.3 Å². The molecule has 0 spiro atoms. The van der Waals surface area contributed by atoms with Gasteiger partial charge in [-0.3, -0.25) is 4.79 Å². The van der Waals surface area contributed by atoms with Crippen LogP contribution in [0.4, 0.5) is 0 Å². The van der Waals surface area contributed by atoms with Gasteiger partial charge in [-0.1, -0.05) is 13.8 Å².